The molecule has 5 nitrogen and oxygen atoms in total. The first-order valence-electron chi connectivity index (χ1n) is 6.90. The largest absolute Gasteiger partial charge is 0.493 e. The predicted octanol–water partition coefficient (Wildman–Crippen LogP) is 3.47. The first-order chi connectivity index (χ1) is 11.1. The van der Waals surface area contributed by atoms with E-state index in [-0.39, 0.29) is 6.54 Å². The molecule has 1 aromatic heterocycles. The minimum absolute atomic E-state index is 0.181. The van der Waals surface area contributed by atoms with Gasteiger partial charge in [-0.25, -0.2) is 13.8 Å². The van der Waals surface area contributed by atoms with Crippen molar-refractivity contribution in [3.8, 4) is 11.5 Å². The van der Waals surface area contributed by atoms with Gasteiger partial charge in [-0.1, -0.05) is 6.07 Å². The number of benzene rings is 2. The van der Waals surface area contributed by atoms with E-state index in [4.69, 9.17) is 9.47 Å². The van der Waals surface area contributed by atoms with Gasteiger partial charge in [-0.3, -0.25) is 0 Å². The number of imidazole rings is 1. The van der Waals surface area contributed by atoms with Crippen LogP contribution in [0.15, 0.2) is 30.3 Å². The highest BCUT2D eigenvalue weighted by Gasteiger charge is 2.10. The molecular weight excluding hydrogens is 304 g/mol. The second kappa shape index (κ2) is 6.12. The van der Waals surface area contributed by atoms with Gasteiger partial charge in [-0.05, 0) is 6.07 Å². The van der Waals surface area contributed by atoms with Gasteiger partial charge in [0.15, 0.2) is 11.5 Å². The number of methoxy groups -OCH3 is 2. The lowest BCUT2D eigenvalue weighted by Crippen LogP contribution is -2.03. The van der Waals surface area contributed by atoms with Crippen molar-refractivity contribution in [3.05, 3.63) is 47.5 Å². The fourth-order valence-electron chi connectivity index (χ4n) is 2.26. The second-order valence-corrected chi connectivity index (χ2v) is 4.90. The van der Waals surface area contributed by atoms with E-state index in [0.717, 1.165) is 11.6 Å². The average molecular weight is 319 g/mol. The number of nitrogens with zero attached hydrogens (tertiary/aromatic N) is 1. The van der Waals surface area contributed by atoms with Gasteiger partial charge in [0.05, 0.1) is 25.3 Å². The lowest BCUT2D eigenvalue weighted by molar-refractivity contribution is 0.356. The van der Waals surface area contributed by atoms with E-state index < -0.39 is 11.6 Å². The Morgan fingerprint density at radius 1 is 1.09 bits per heavy atom. The molecule has 1 heterocycles. The molecule has 0 atom stereocenters. The van der Waals surface area contributed by atoms with Gasteiger partial charge in [0.25, 0.3) is 0 Å². The summed E-state index contributed by atoms with van der Waals surface area (Å²) in [6, 6.07) is 6.98. The van der Waals surface area contributed by atoms with Crippen molar-refractivity contribution in [2.45, 2.75) is 6.54 Å². The van der Waals surface area contributed by atoms with Gasteiger partial charge in [-0.15, -0.1) is 0 Å². The number of nitrogens with one attached hydrogen (secondary N) is 2. The Morgan fingerprint density at radius 2 is 1.83 bits per heavy atom. The molecule has 0 saturated heterocycles. The van der Waals surface area contributed by atoms with Crippen LogP contribution in [-0.4, -0.2) is 24.2 Å². The summed E-state index contributed by atoms with van der Waals surface area (Å²) in [6.45, 7) is 0.181. The van der Waals surface area contributed by atoms with Crippen LogP contribution in [0.25, 0.3) is 11.0 Å². The Hall–Kier alpha value is -2.83. The number of anilines is 1. The third kappa shape index (κ3) is 3.03. The normalized spacial score (nSPS) is 10.8. The van der Waals surface area contributed by atoms with E-state index in [1.165, 1.54) is 12.1 Å². The summed E-state index contributed by atoms with van der Waals surface area (Å²) in [5.74, 6) is 0.424. The molecule has 120 valence electrons. The van der Waals surface area contributed by atoms with Crippen molar-refractivity contribution in [1.29, 1.82) is 0 Å². The molecule has 0 bridgehead atoms. The van der Waals surface area contributed by atoms with Gasteiger partial charge >= 0.3 is 0 Å². The molecule has 2 N–H and O–H groups in total. The minimum atomic E-state index is -0.603. The summed E-state index contributed by atoms with van der Waals surface area (Å²) >= 11 is 0. The summed E-state index contributed by atoms with van der Waals surface area (Å²) in [6.07, 6.45) is 0. The van der Waals surface area contributed by atoms with Crippen LogP contribution in [0, 0.1) is 11.6 Å². The van der Waals surface area contributed by atoms with Crippen molar-refractivity contribution in [2.75, 3.05) is 19.5 Å². The Balaban J connectivity index is 1.83. The van der Waals surface area contributed by atoms with Crippen molar-refractivity contribution in [1.82, 2.24) is 9.97 Å². The van der Waals surface area contributed by atoms with Gasteiger partial charge in [-0.2, -0.15) is 0 Å². The number of hydrogen-bond donors (Lipinski definition) is 2. The molecule has 0 spiro atoms. The maximum atomic E-state index is 13.6. The molecule has 0 unspecified atom stereocenters. The Bertz CT molecular complexity index is 808. The zero-order valence-electron chi connectivity index (χ0n) is 12.6. The van der Waals surface area contributed by atoms with E-state index in [2.05, 4.69) is 15.3 Å². The summed E-state index contributed by atoms with van der Waals surface area (Å²) in [5.41, 5.74) is 1.79. The van der Waals surface area contributed by atoms with Gasteiger partial charge in [0.2, 0.25) is 5.95 Å². The highest BCUT2D eigenvalue weighted by atomic mass is 19.1. The van der Waals surface area contributed by atoms with Crippen molar-refractivity contribution >= 4 is 17.0 Å². The van der Waals surface area contributed by atoms with Crippen LogP contribution in [0.3, 0.4) is 0 Å². The topological polar surface area (TPSA) is 59.2 Å². The minimum Gasteiger partial charge on any atom is -0.493 e. The van der Waals surface area contributed by atoms with Crippen molar-refractivity contribution in [3.63, 3.8) is 0 Å². The summed E-state index contributed by atoms with van der Waals surface area (Å²) in [5, 5.41) is 2.97. The number of ether oxygens (including phenoxy) is 2. The van der Waals surface area contributed by atoms with Crippen LogP contribution in [0.4, 0.5) is 14.7 Å². The highest BCUT2D eigenvalue weighted by molar-refractivity contribution is 5.81. The summed E-state index contributed by atoms with van der Waals surface area (Å²) in [4.78, 5) is 7.43. The molecule has 0 radical (unpaired) electrons. The first-order valence-corrected chi connectivity index (χ1v) is 6.90. The number of H-pyrrole nitrogens is 1. The molecular formula is C16H15F2N3O2. The van der Waals surface area contributed by atoms with Crippen molar-refractivity contribution < 1.29 is 18.3 Å². The molecule has 2 aromatic carbocycles. The SMILES string of the molecule is COc1cc2nc(NCc3ccc(F)cc3F)[nH]c2cc1OC. The molecule has 0 amide bonds. The fraction of sp³-hybridized carbons (Fsp3) is 0.188. The smallest absolute Gasteiger partial charge is 0.201 e. The fourth-order valence-corrected chi connectivity index (χ4v) is 2.26. The van der Waals surface area contributed by atoms with Crippen LogP contribution in [0.2, 0.25) is 0 Å². The molecule has 0 fully saturated rings. The molecule has 0 aliphatic heterocycles. The Morgan fingerprint density at radius 3 is 2.52 bits per heavy atom. The van der Waals surface area contributed by atoms with Crippen LogP contribution in [-0.2, 0) is 6.54 Å². The molecule has 3 aromatic rings. The number of aromatic amines is 1. The average Bonchev–Trinajstić information content (AvgIpc) is 2.94. The van der Waals surface area contributed by atoms with E-state index in [1.54, 1.807) is 26.4 Å². The number of hydrogen-bond acceptors (Lipinski definition) is 4. The Kier molecular flexibility index (Phi) is 4.01. The van der Waals surface area contributed by atoms with E-state index >= 15 is 0 Å². The number of aromatic nitrogens is 2. The molecule has 0 aliphatic rings. The van der Waals surface area contributed by atoms with Crippen LogP contribution < -0.4 is 14.8 Å². The maximum absolute atomic E-state index is 13.6. The van der Waals surface area contributed by atoms with Crippen LogP contribution in [0.5, 0.6) is 11.5 Å². The van der Waals surface area contributed by atoms with E-state index in [0.29, 0.717) is 28.5 Å². The maximum Gasteiger partial charge on any atom is 0.201 e. The quantitative estimate of drug-likeness (QED) is 0.756. The van der Waals surface area contributed by atoms with Crippen molar-refractivity contribution in [2.24, 2.45) is 0 Å². The van der Waals surface area contributed by atoms with Gasteiger partial charge in [0.1, 0.15) is 11.6 Å². The number of halogens is 2. The van der Waals surface area contributed by atoms with Crippen LogP contribution >= 0.6 is 0 Å². The molecule has 23 heavy (non-hydrogen) atoms. The molecule has 0 saturated carbocycles. The number of fused-ring (bicyclic) bond motifs is 1. The molecule has 7 heteroatoms. The number of rotatable bonds is 5. The predicted molar refractivity (Wildman–Crippen MR) is 82.9 cm³/mol. The van der Waals surface area contributed by atoms with Gasteiger partial charge in [0, 0.05) is 30.3 Å². The second-order valence-electron chi connectivity index (χ2n) is 4.90. The van der Waals surface area contributed by atoms with E-state index in [9.17, 15) is 8.78 Å². The standard InChI is InChI=1S/C16H15F2N3O2/c1-22-14-6-12-13(7-15(14)23-2)21-16(20-12)19-8-9-3-4-10(17)5-11(9)18/h3-7H,8H2,1-2H3,(H2,19,20,21). The molecule has 3 rings (SSSR count). The zero-order chi connectivity index (χ0) is 16.4. The third-order valence-electron chi connectivity index (χ3n) is 3.45. The summed E-state index contributed by atoms with van der Waals surface area (Å²) in [7, 11) is 3.10. The third-order valence-corrected chi connectivity index (χ3v) is 3.45. The monoisotopic (exact) mass is 319 g/mol. The van der Waals surface area contributed by atoms with Gasteiger partial charge < -0.3 is 19.8 Å². The Labute approximate surface area is 131 Å². The zero-order valence-corrected chi connectivity index (χ0v) is 12.6. The van der Waals surface area contributed by atoms with Crippen LogP contribution in [0.1, 0.15) is 5.56 Å². The molecule has 0 aliphatic carbocycles. The lowest BCUT2D eigenvalue weighted by Gasteiger charge is -2.06. The van der Waals surface area contributed by atoms with E-state index in [1.807, 2.05) is 0 Å². The first kappa shape index (κ1) is 15.1. The lowest BCUT2D eigenvalue weighted by atomic mass is 10.2. The highest BCUT2D eigenvalue weighted by Crippen LogP contribution is 2.31. The summed E-state index contributed by atoms with van der Waals surface area (Å²) < 4.78 is 37.0.